The molecule has 0 atom stereocenters. The third kappa shape index (κ3) is 7.90. The fourth-order valence-electron chi connectivity index (χ4n) is 2.99. The number of methoxy groups -OCH3 is 2. The number of rotatable bonds is 11. The van der Waals surface area contributed by atoms with E-state index in [2.05, 4.69) is 10.5 Å². The number of ether oxygens (including phenoxy) is 4. The highest BCUT2D eigenvalue weighted by atomic mass is 35.5. The van der Waals surface area contributed by atoms with E-state index in [0.29, 0.717) is 57.2 Å². The van der Waals surface area contributed by atoms with Crippen LogP contribution in [0.1, 0.15) is 28.8 Å². The molecule has 0 spiro atoms. The highest BCUT2D eigenvalue weighted by Gasteiger charge is 2.13. The molecule has 3 rings (SSSR count). The highest BCUT2D eigenvalue weighted by molar-refractivity contribution is 6.35. The Morgan fingerprint density at radius 2 is 1.64 bits per heavy atom. The summed E-state index contributed by atoms with van der Waals surface area (Å²) in [6.45, 7) is 0.321. The second kappa shape index (κ2) is 13.4. The summed E-state index contributed by atoms with van der Waals surface area (Å²) >= 11 is 11.9. The van der Waals surface area contributed by atoms with Crippen molar-refractivity contribution in [1.29, 1.82) is 0 Å². The van der Waals surface area contributed by atoms with Crippen LogP contribution < -0.4 is 24.4 Å². The van der Waals surface area contributed by atoms with E-state index in [1.807, 2.05) is 0 Å². The second-order valence-corrected chi connectivity index (χ2v) is 8.19. The van der Waals surface area contributed by atoms with Crippen LogP contribution in [0.3, 0.4) is 0 Å². The van der Waals surface area contributed by atoms with Gasteiger partial charge in [0.1, 0.15) is 11.5 Å². The number of carbonyl (C=O) groups excluding carboxylic acids is 2. The van der Waals surface area contributed by atoms with Gasteiger partial charge in [-0.2, -0.15) is 5.10 Å². The largest absolute Gasteiger partial charge is 0.493 e. The molecular formula is C26H24Cl2N2O6. The summed E-state index contributed by atoms with van der Waals surface area (Å²) in [5.41, 5.74) is 3.49. The molecule has 0 heterocycles. The van der Waals surface area contributed by atoms with Crippen molar-refractivity contribution in [3.63, 3.8) is 0 Å². The van der Waals surface area contributed by atoms with Crippen LogP contribution in [-0.2, 0) is 4.79 Å². The normalized spacial score (nSPS) is 10.7. The molecule has 0 bridgehead atoms. The number of benzene rings is 3. The Hall–Kier alpha value is -3.75. The van der Waals surface area contributed by atoms with Crippen LogP contribution in [0.15, 0.2) is 65.8 Å². The lowest BCUT2D eigenvalue weighted by molar-refractivity contribution is -0.121. The SMILES string of the molecule is COc1ccc(C(=O)Oc2ccc(/C=N/NC(=O)CCCOc3ccc(Cl)cc3Cl)cc2)cc1OC. The number of nitrogens with one attached hydrogen (secondary N) is 1. The predicted molar refractivity (Wildman–Crippen MR) is 138 cm³/mol. The van der Waals surface area contributed by atoms with E-state index in [4.69, 9.17) is 42.1 Å². The van der Waals surface area contributed by atoms with Crippen molar-refractivity contribution in [1.82, 2.24) is 5.43 Å². The molecule has 1 N–H and O–H groups in total. The summed E-state index contributed by atoms with van der Waals surface area (Å²) in [6, 6.07) is 16.4. The lowest BCUT2D eigenvalue weighted by Crippen LogP contribution is -2.18. The van der Waals surface area contributed by atoms with Crippen molar-refractivity contribution in [2.45, 2.75) is 12.8 Å². The molecule has 0 aliphatic rings. The molecule has 3 aromatic carbocycles. The van der Waals surface area contributed by atoms with E-state index in [9.17, 15) is 9.59 Å². The molecule has 10 heteroatoms. The Balaban J connectivity index is 1.42. The zero-order valence-corrected chi connectivity index (χ0v) is 21.1. The maximum atomic E-state index is 12.4. The molecule has 8 nitrogen and oxygen atoms in total. The first-order valence-corrected chi connectivity index (χ1v) is 11.6. The Morgan fingerprint density at radius 3 is 2.33 bits per heavy atom. The number of halogens is 2. The van der Waals surface area contributed by atoms with E-state index >= 15 is 0 Å². The molecule has 0 saturated carbocycles. The van der Waals surface area contributed by atoms with Gasteiger partial charge in [-0.1, -0.05) is 23.2 Å². The van der Waals surface area contributed by atoms with Gasteiger partial charge in [0.15, 0.2) is 11.5 Å². The zero-order valence-electron chi connectivity index (χ0n) is 19.6. The van der Waals surface area contributed by atoms with Crippen LogP contribution in [-0.4, -0.2) is 38.9 Å². The third-order valence-corrected chi connectivity index (χ3v) is 5.34. The number of hydrogen-bond acceptors (Lipinski definition) is 7. The average Bonchev–Trinajstić information content (AvgIpc) is 2.88. The van der Waals surface area contributed by atoms with Crippen LogP contribution in [0.2, 0.25) is 10.0 Å². The van der Waals surface area contributed by atoms with Gasteiger partial charge in [0.05, 0.1) is 37.6 Å². The van der Waals surface area contributed by atoms with E-state index in [1.54, 1.807) is 60.7 Å². The quantitative estimate of drug-likeness (QED) is 0.115. The Bertz CT molecular complexity index is 1230. The van der Waals surface area contributed by atoms with Gasteiger partial charge in [0.25, 0.3) is 0 Å². The Morgan fingerprint density at radius 1 is 0.917 bits per heavy atom. The van der Waals surface area contributed by atoms with Crippen molar-refractivity contribution in [2.24, 2.45) is 5.10 Å². The molecule has 1 amide bonds. The minimum absolute atomic E-state index is 0.230. The molecule has 0 fully saturated rings. The van der Waals surface area contributed by atoms with Crippen molar-refractivity contribution < 1.29 is 28.5 Å². The molecule has 0 aliphatic carbocycles. The molecule has 36 heavy (non-hydrogen) atoms. The first kappa shape index (κ1) is 26.8. The molecule has 0 unspecified atom stereocenters. The highest BCUT2D eigenvalue weighted by Crippen LogP contribution is 2.29. The van der Waals surface area contributed by atoms with Gasteiger partial charge in [-0.3, -0.25) is 4.79 Å². The number of hydrogen-bond donors (Lipinski definition) is 1. The van der Waals surface area contributed by atoms with Gasteiger partial charge in [0, 0.05) is 11.4 Å². The standard InChI is InChI=1S/C26H24Cl2N2O6/c1-33-23-11-7-18(14-24(23)34-2)26(32)36-20-9-5-17(6-10-20)16-29-30-25(31)4-3-13-35-22-12-8-19(27)15-21(22)28/h5-12,14-16H,3-4,13H2,1-2H3,(H,30,31)/b29-16+. The Labute approximate surface area is 218 Å². The van der Waals surface area contributed by atoms with Crippen molar-refractivity contribution in [2.75, 3.05) is 20.8 Å². The Kier molecular flexibility index (Phi) is 9.97. The van der Waals surface area contributed by atoms with Gasteiger partial charge in [-0.25, -0.2) is 10.2 Å². The van der Waals surface area contributed by atoms with Crippen LogP contribution >= 0.6 is 23.2 Å². The molecule has 188 valence electrons. The molecular weight excluding hydrogens is 507 g/mol. The maximum absolute atomic E-state index is 12.4. The van der Waals surface area contributed by atoms with E-state index in [-0.39, 0.29) is 12.3 Å². The fraction of sp³-hybridized carbons (Fsp3) is 0.192. The van der Waals surface area contributed by atoms with Crippen LogP contribution in [0, 0.1) is 0 Å². The summed E-state index contributed by atoms with van der Waals surface area (Å²) in [5, 5.41) is 4.88. The summed E-state index contributed by atoms with van der Waals surface area (Å²) in [4.78, 5) is 24.4. The second-order valence-electron chi connectivity index (χ2n) is 7.35. The summed E-state index contributed by atoms with van der Waals surface area (Å²) in [7, 11) is 3.01. The molecule has 0 radical (unpaired) electrons. The van der Waals surface area contributed by atoms with Crippen LogP contribution in [0.5, 0.6) is 23.0 Å². The maximum Gasteiger partial charge on any atom is 0.343 e. The lowest BCUT2D eigenvalue weighted by Gasteiger charge is -2.09. The van der Waals surface area contributed by atoms with Crippen molar-refractivity contribution >= 4 is 41.3 Å². The molecule has 0 aliphatic heterocycles. The van der Waals surface area contributed by atoms with E-state index < -0.39 is 5.97 Å². The smallest absolute Gasteiger partial charge is 0.343 e. The van der Waals surface area contributed by atoms with Gasteiger partial charge in [-0.15, -0.1) is 0 Å². The summed E-state index contributed by atoms with van der Waals surface area (Å²) < 4.78 is 21.3. The zero-order chi connectivity index (χ0) is 25.9. The molecule has 0 aromatic heterocycles. The van der Waals surface area contributed by atoms with E-state index in [1.165, 1.54) is 20.4 Å². The predicted octanol–water partition coefficient (Wildman–Crippen LogP) is 5.54. The lowest BCUT2D eigenvalue weighted by atomic mass is 10.2. The van der Waals surface area contributed by atoms with Gasteiger partial charge >= 0.3 is 5.97 Å². The van der Waals surface area contributed by atoms with Gasteiger partial charge < -0.3 is 18.9 Å². The summed E-state index contributed by atoms with van der Waals surface area (Å²) in [6.07, 6.45) is 2.20. The number of hydrazone groups is 1. The fourth-order valence-corrected chi connectivity index (χ4v) is 3.46. The first-order chi connectivity index (χ1) is 17.4. The third-order valence-electron chi connectivity index (χ3n) is 4.81. The van der Waals surface area contributed by atoms with E-state index in [0.717, 1.165) is 0 Å². The van der Waals surface area contributed by atoms with Crippen molar-refractivity contribution in [3.8, 4) is 23.0 Å². The summed E-state index contributed by atoms with van der Waals surface area (Å²) in [5.74, 6) is 1.03. The number of amides is 1. The van der Waals surface area contributed by atoms with Gasteiger partial charge in [0.2, 0.25) is 5.91 Å². The van der Waals surface area contributed by atoms with Crippen LogP contribution in [0.4, 0.5) is 0 Å². The molecule has 0 saturated heterocycles. The number of nitrogens with zero attached hydrogens (tertiary/aromatic N) is 1. The first-order valence-electron chi connectivity index (χ1n) is 10.8. The number of carbonyl (C=O) groups is 2. The number of esters is 1. The topological polar surface area (TPSA) is 95.5 Å². The minimum Gasteiger partial charge on any atom is -0.493 e. The monoisotopic (exact) mass is 530 g/mol. The molecule has 3 aromatic rings. The van der Waals surface area contributed by atoms with Gasteiger partial charge in [-0.05, 0) is 72.6 Å². The van der Waals surface area contributed by atoms with Crippen LogP contribution in [0.25, 0.3) is 0 Å². The average molecular weight is 531 g/mol. The minimum atomic E-state index is -0.535. The van der Waals surface area contributed by atoms with Crippen molar-refractivity contribution in [3.05, 3.63) is 81.8 Å².